The summed E-state index contributed by atoms with van der Waals surface area (Å²) in [7, 11) is 3.29. The van der Waals surface area contributed by atoms with E-state index in [4.69, 9.17) is 9.47 Å². The van der Waals surface area contributed by atoms with Crippen molar-refractivity contribution in [2.24, 2.45) is 4.99 Å². The highest BCUT2D eigenvalue weighted by Gasteiger charge is 2.28. The quantitative estimate of drug-likeness (QED) is 0.530. The van der Waals surface area contributed by atoms with Crippen molar-refractivity contribution in [1.29, 1.82) is 0 Å². The Balaban J connectivity index is 1.78. The van der Waals surface area contributed by atoms with Crippen molar-refractivity contribution < 1.29 is 22.6 Å². The van der Waals surface area contributed by atoms with Crippen LogP contribution in [-0.2, 0) is 13.0 Å². The zero-order chi connectivity index (χ0) is 20.4. The minimum absolute atomic E-state index is 0.180. The first-order chi connectivity index (χ1) is 13.4. The molecule has 2 aromatic rings. The van der Waals surface area contributed by atoms with Crippen LogP contribution >= 0.6 is 0 Å². The minimum Gasteiger partial charge on any atom is -0.497 e. The normalized spacial score (nSPS) is 11.8. The SMILES string of the molecule is CN=C(NCCc1ccc(OC)cc1)NCc1cccc(OCC(F)(F)F)c1. The summed E-state index contributed by atoms with van der Waals surface area (Å²) < 4.78 is 46.7. The van der Waals surface area contributed by atoms with E-state index in [9.17, 15) is 13.2 Å². The van der Waals surface area contributed by atoms with Gasteiger partial charge in [0.1, 0.15) is 11.5 Å². The molecular weight excluding hydrogens is 371 g/mol. The lowest BCUT2D eigenvalue weighted by molar-refractivity contribution is -0.153. The van der Waals surface area contributed by atoms with Gasteiger partial charge in [0.15, 0.2) is 12.6 Å². The molecule has 2 aromatic carbocycles. The molecule has 0 amide bonds. The van der Waals surface area contributed by atoms with Crippen molar-refractivity contribution in [3.8, 4) is 11.5 Å². The number of methoxy groups -OCH3 is 1. The summed E-state index contributed by atoms with van der Waals surface area (Å²) >= 11 is 0. The number of hydrogen-bond acceptors (Lipinski definition) is 3. The van der Waals surface area contributed by atoms with Crippen molar-refractivity contribution in [1.82, 2.24) is 10.6 Å². The number of guanidine groups is 1. The van der Waals surface area contributed by atoms with E-state index < -0.39 is 12.8 Å². The summed E-state index contributed by atoms with van der Waals surface area (Å²) in [4.78, 5) is 4.15. The number of halogens is 3. The van der Waals surface area contributed by atoms with Crippen LogP contribution in [0.1, 0.15) is 11.1 Å². The Morgan fingerprint density at radius 1 is 1.00 bits per heavy atom. The second-order valence-corrected chi connectivity index (χ2v) is 6.00. The molecule has 0 aliphatic heterocycles. The van der Waals surface area contributed by atoms with Crippen LogP contribution < -0.4 is 20.1 Å². The maximum absolute atomic E-state index is 12.3. The molecule has 0 unspecified atom stereocenters. The van der Waals surface area contributed by atoms with E-state index in [1.54, 1.807) is 32.4 Å². The highest BCUT2D eigenvalue weighted by atomic mass is 19.4. The Bertz CT molecular complexity index is 762. The average molecular weight is 395 g/mol. The molecule has 0 spiro atoms. The third-order valence-electron chi connectivity index (χ3n) is 3.85. The van der Waals surface area contributed by atoms with Crippen LogP contribution in [0.5, 0.6) is 11.5 Å². The van der Waals surface area contributed by atoms with E-state index in [0.717, 1.165) is 17.7 Å². The molecule has 8 heteroatoms. The number of benzene rings is 2. The Morgan fingerprint density at radius 2 is 1.75 bits per heavy atom. The van der Waals surface area contributed by atoms with Gasteiger partial charge in [-0.15, -0.1) is 0 Å². The predicted molar refractivity (Wildman–Crippen MR) is 103 cm³/mol. The number of hydrogen-bond donors (Lipinski definition) is 2. The van der Waals surface area contributed by atoms with Gasteiger partial charge in [-0.2, -0.15) is 13.2 Å². The second-order valence-electron chi connectivity index (χ2n) is 6.00. The van der Waals surface area contributed by atoms with Crippen LogP contribution in [0.4, 0.5) is 13.2 Å². The van der Waals surface area contributed by atoms with Gasteiger partial charge in [0.05, 0.1) is 7.11 Å². The Labute approximate surface area is 162 Å². The molecular formula is C20H24F3N3O2. The fraction of sp³-hybridized carbons (Fsp3) is 0.350. The van der Waals surface area contributed by atoms with E-state index >= 15 is 0 Å². The molecule has 0 atom stereocenters. The number of rotatable bonds is 8. The Kier molecular flexibility index (Phi) is 7.98. The molecule has 2 rings (SSSR count). The minimum atomic E-state index is -4.36. The standard InChI is InChI=1S/C20H24F3N3O2/c1-24-19(25-11-10-15-6-8-17(27-2)9-7-15)26-13-16-4-3-5-18(12-16)28-14-20(21,22)23/h3-9,12H,10-11,13-14H2,1-2H3,(H2,24,25,26). The van der Waals surface area contributed by atoms with Gasteiger partial charge in [-0.1, -0.05) is 24.3 Å². The van der Waals surface area contributed by atoms with Gasteiger partial charge in [0.2, 0.25) is 0 Å². The van der Waals surface area contributed by atoms with Crippen LogP contribution in [-0.4, -0.2) is 39.4 Å². The molecule has 0 aromatic heterocycles. The Hall–Kier alpha value is -2.90. The van der Waals surface area contributed by atoms with Crippen LogP contribution in [0, 0.1) is 0 Å². The lowest BCUT2D eigenvalue weighted by atomic mass is 10.1. The van der Waals surface area contributed by atoms with Gasteiger partial charge >= 0.3 is 6.18 Å². The first-order valence-electron chi connectivity index (χ1n) is 8.75. The van der Waals surface area contributed by atoms with Crippen LogP contribution in [0.2, 0.25) is 0 Å². The molecule has 0 saturated carbocycles. The molecule has 0 radical (unpaired) electrons. The maximum atomic E-state index is 12.3. The summed E-state index contributed by atoms with van der Waals surface area (Å²) in [6, 6.07) is 14.4. The molecule has 0 aliphatic carbocycles. The zero-order valence-electron chi connectivity index (χ0n) is 15.8. The fourth-order valence-electron chi connectivity index (χ4n) is 2.43. The summed E-state index contributed by atoms with van der Waals surface area (Å²) in [5, 5.41) is 6.33. The van der Waals surface area contributed by atoms with Gasteiger partial charge in [-0.25, -0.2) is 0 Å². The molecule has 0 bridgehead atoms. The molecule has 2 N–H and O–H groups in total. The van der Waals surface area contributed by atoms with Gasteiger partial charge in [0, 0.05) is 20.1 Å². The second kappa shape index (κ2) is 10.4. The van der Waals surface area contributed by atoms with E-state index in [1.807, 2.05) is 24.3 Å². The van der Waals surface area contributed by atoms with E-state index in [-0.39, 0.29) is 5.75 Å². The summed E-state index contributed by atoms with van der Waals surface area (Å²) in [6.07, 6.45) is -3.55. The largest absolute Gasteiger partial charge is 0.497 e. The van der Waals surface area contributed by atoms with Gasteiger partial charge in [0.25, 0.3) is 0 Å². The van der Waals surface area contributed by atoms with Gasteiger partial charge in [-0.05, 0) is 41.8 Å². The van der Waals surface area contributed by atoms with Crippen molar-refractivity contribution in [2.45, 2.75) is 19.1 Å². The van der Waals surface area contributed by atoms with Crippen LogP contribution in [0.15, 0.2) is 53.5 Å². The van der Waals surface area contributed by atoms with Crippen molar-refractivity contribution >= 4 is 5.96 Å². The lowest BCUT2D eigenvalue weighted by Gasteiger charge is -2.13. The monoisotopic (exact) mass is 395 g/mol. The first-order valence-corrected chi connectivity index (χ1v) is 8.75. The highest BCUT2D eigenvalue weighted by Crippen LogP contribution is 2.19. The first kappa shape index (κ1) is 21.4. The van der Waals surface area contributed by atoms with E-state index in [1.165, 1.54) is 11.6 Å². The van der Waals surface area contributed by atoms with Crippen LogP contribution in [0.3, 0.4) is 0 Å². The molecule has 28 heavy (non-hydrogen) atoms. The van der Waals surface area contributed by atoms with Gasteiger partial charge in [-0.3, -0.25) is 4.99 Å². The highest BCUT2D eigenvalue weighted by molar-refractivity contribution is 5.79. The molecule has 0 heterocycles. The number of nitrogens with zero attached hydrogens (tertiary/aromatic N) is 1. The average Bonchev–Trinajstić information content (AvgIpc) is 2.69. The molecule has 0 aliphatic rings. The van der Waals surface area contributed by atoms with Crippen molar-refractivity contribution in [3.05, 3.63) is 59.7 Å². The zero-order valence-corrected chi connectivity index (χ0v) is 15.8. The lowest BCUT2D eigenvalue weighted by Crippen LogP contribution is -2.37. The summed E-state index contributed by atoms with van der Waals surface area (Å²) in [6.45, 7) is -0.218. The number of aliphatic imine (C=N–C) groups is 1. The topological polar surface area (TPSA) is 54.9 Å². The third kappa shape index (κ3) is 7.77. The smallest absolute Gasteiger partial charge is 0.422 e. The van der Waals surface area contributed by atoms with Crippen LogP contribution in [0.25, 0.3) is 0 Å². The molecule has 0 fully saturated rings. The predicted octanol–water partition coefficient (Wildman–Crippen LogP) is 3.54. The molecule has 0 saturated heterocycles. The van der Waals surface area contributed by atoms with E-state index in [0.29, 0.717) is 19.0 Å². The fourth-order valence-corrected chi connectivity index (χ4v) is 2.43. The maximum Gasteiger partial charge on any atom is 0.422 e. The number of nitrogens with one attached hydrogen (secondary N) is 2. The summed E-state index contributed by atoms with van der Waals surface area (Å²) in [5.41, 5.74) is 1.95. The van der Waals surface area contributed by atoms with Crippen molar-refractivity contribution in [3.63, 3.8) is 0 Å². The third-order valence-corrected chi connectivity index (χ3v) is 3.85. The number of alkyl halides is 3. The Morgan fingerprint density at radius 3 is 2.39 bits per heavy atom. The van der Waals surface area contributed by atoms with Crippen molar-refractivity contribution in [2.75, 3.05) is 27.3 Å². The number of ether oxygens (including phenoxy) is 2. The molecule has 152 valence electrons. The molecule has 5 nitrogen and oxygen atoms in total. The van der Waals surface area contributed by atoms with Gasteiger partial charge < -0.3 is 20.1 Å². The van der Waals surface area contributed by atoms with E-state index in [2.05, 4.69) is 15.6 Å². The summed E-state index contributed by atoms with van der Waals surface area (Å²) in [5.74, 6) is 1.60.